The smallest absolute Gasteiger partial charge is 0.175 e. The minimum absolute atomic E-state index is 0.160. The van der Waals surface area contributed by atoms with E-state index in [0.717, 1.165) is 23.6 Å². The van der Waals surface area contributed by atoms with E-state index in [1.807, 2.05) is 43.4 Å². The molecule has 0 aliphatic heterocycles. The van der Waals surface area contributed by atoms with Crippen LogP contribution < -0.4 is 9.47 Å². The van der Waals surface area contributed by atoms with Crippen molar-refractivity contribution in [1.82, 2.24) is 4.90 Å². The van der Waals surface area contributed by atoms with E-state index in [9.17, 15) is 8.42 Å². The summed E-state index contributed by atoms with van der Waals surface area (Å²) in [6, 6.07) is 14.7. The lowest BCUT2D eigenvalue weighted by molar-refractivity contribution is 0.201. The summed E-state index contributed by atoms with van der Waals surface area (Å²) in [5, 5.41) is 0. The van der Waals surface area contributed by atoms with E-state index in [1.54, 1.807) is 19.2 Å². The summed E-state index contributed by atoms with van der Waals surface area (Å²) in [7, 11) is 0.496. The van der Waals surface area contributed by atoms with Crippen LogP contribution in [0.15, 0.2) is 53.4 Å². The molecule has 5 nitrogen and oxygen atoms in total. The van der Waals surface area contributed by atoms with Crippen LogP contribution in [0, 0.1) is 0 Å². The second-order valence-corrected chi connectivity index (χ2v) is 8.04. The van der Waals surface area contributed by atoms with E-state index in [4.69, 9.17) is 9.47 Å². The molecule has 0 amide bonds. The van der Waals surface area contributed by atoms with Crippen LogP contribution in [0.25, 0.3) is 0 Å². The van der Waals surface area contributed by atoms with Crippen molar-refractivity contribution in [3.63, 3.8) is 0 Å². The summed E-state index contributed by atoms with van der Waals surface area (Å²) in [5.41, 5.74) is 1.07. The first kappa shape index (κ1) is 19.3. The quantitative estimate of drug-likeness (QED) is 0.721. The third kappa shape index (κ3) is 5.47. The number of hydrogen-bond acceptors (Lipinski definition) is 5. The molecule has 2 rings (SSSR count). The lowest BCUT2D eigenvalue weighted by Crippen LogP contribution is -2.27. The first-order chi connectivity index (χ1) is 11.8. The summed E-state index contributed by atoms with van der Waals surface area (Å²) in [5.74, 6) is 1.61. The van der Waals surface area contributed by atoms with Crippen LogP contribution in [-0.2, 0) is 9.84 Å². The standard InChI is InChI=1S/C19H25NO4S/c1-15(16-5-11-19(12-6-16)25(4,21)22)20(2)13-14-24-18-9-7-17(23-3)8-10-18/h5-12,15H,13-14H2,1-4H3/t15-/m0/s1. The Bertz CT molecular complexity index is 770. The van der Waals surface area contributed by atoms with Crippen LogP contribution in [0.1, 0.15) is 18.5 Å². The Hall–Kier alpha value is -2.05. The molecule has 0 saturated carbocycles. The van der Waals surface area contributed by atoms with Crippen molar-refractivity contribution in [1.29, 1.82) is 0 Å². The number of methoxy groups -OCH3 is 1. The Labute approximate surface area is 150 Å². The van der Waals surface area contributed by atoms with E-state index in [0.29, 0.717) is 11.5 Å². The van der Waals surface area contributed by atoms with Gasteiger partial charge in [0, 0.05) is 18.8 Å². The van der Waals surface area contributed by atoms with Crippen molar-refractivity contribution in [3.8, 4) is 11.5 Å². The lowest BCUT2D eigenvalue weighted by atomic mass is 10.1. The largest absolute Gasteiger partial charge is 0.497 e. The fourth-order valence-electron chi connectivity index (χ4n) is 2.42. The molecule has 0 spiro atoms. The Kier molecular flexibility index (Phi) is 6.45. The van der Waals surface area contributed by atoms with Crippen LogP contribution >= 0.6 is 0 Å². The molecular formula is C19H25NO4S. The number of sulfone groups is 1. The van der Waals surface area contributed by atoms with Gasteiger partial charge in [-0.25, -0.2) is 8.42 Å². The predicted octanol–water partition coefficient (Wildman–Crippen LogP) is 3.17. The van der Waals surface area contributed by atoms with E-state index < -0.39 is 9.84 Å². The molecule has 0 aliphatic carbocycles. The van der Waals surface area contributed by atoms with Crippen LogP contribution in [-0.4, -0.2) is 46.9 Å². The number of hydrogen-bond donors (Lipinski definition) is 0. The topological polar surface area (TPSA) is 55.8 Å². The van der Waals surface area contributed by atoms with Crippen LogP contribution in [0.5, 0.6) is 11.5 Å². The maximum Gasteiger partial charge on any atom is 0.175 e. The van der Waals surface area contributed by atoms with Crippen LogP contribution in [0.2, 0.25) is 0 Å². The second-order valence-electron chi connectivity index (χ2n) is 6.02. The molecule has 136 valence electrons. The molecule has 0 N–H and O–H groups in total. The molecular weight excluding hydrogens is 338 g/mol. The molecule has 2 aromatic rings. The maximum absolute atomic E-state index is 11.5. The Morgan fingerprint density at radius 2 is 1.56 bits per heavy atom. The van der Waals surface area contributed by atoms with Gasteiger partial charge in [0.15, 0.2) is 9.84 Å². The molecule has 0 unspecified atom stereocenters. The van der Waals surface area contributed by atoms with Crippen LogP contribution in [0.4, 0.5) is 0 Å². The Morgan fingerprint density at radius 1 is 1.00 bits per heavy atom. The minimum Gasteiger partial charge on any atom is -0.497 e. The van der Waals surface area contributed by atoms with Crippen LogP contribution in [0.3, 0.4) is 0 Å². The molecule has 1 atom stereocenters. The Balaban J connectivity index is 1.88. The van der Waals surface area contributed by atoms with Crippen molar-refractivity contribution in [2.75, 3.05) is 33.6 Å². The molecule has 0 radical (unpaired) electrons. The van der Waals surface area contributed by atoms with Gasteiger partial charge in [0.05, 0.1) is 12.0 Å². The molecule has 0 bridgehead atoms. The SMILES string of the molecule is COc1ccc(OCCN(C)[C@@H](C)c2ccc(S(C)(=O)=O)cc2)cc1. The van der Waals surface area contributed by atoms with Crippen molar-refractivity contribution in [3.05, 3.63) is 54.1 Å². The fourth-order valence-corrected chi connectivity index (χ4v) is 3.05. The highest BCUT2D eigenvalue weighted by molar-refractivity contribution is 7.90. The summed E-state index contributed by atoms with van der Waals surface area (Å²) in [6.45, 7) is 3.40. The van der Waals surface area contributed by atoms with E-state index in [2.05, 4.69) is 11.8 Å². The minimum atomic E-state index is -3.16. The Morgan fingerprint density at radius 3 is 2.08 bits per heavy atom. The highest BCUT2D eigenvalue weighted by Crippen LogP contribution is 2.21. The summed E-state index contributed by atoms with van der Waals surface area (Å²) >= 11 is 0. The number of benzene rings is 2. The summed E-state index contributed by atoms with van der Waals surface area (Å²) in [6.07, 6.45) is 1.22. The molecule has 0 aliphatic rings. The zero-order valence-corrected chi connectivity index (χ0v) is 15.9. The fraction of sp³-hybridized carbons (Fsp3) is 0.368. The lowest BCUT2D eigenvalue weighted by Gasteiger charge is -2.25. The van der Waals surface area contributed by atoms with Gasteiger partial charge in [0.2, 0.25) is 0 Å². The predicted molar refractivity (Wildman–Crippen MR) is 99.1 cm³/mol. The van der Waals surface area contributed by atoms with Gasteiger partial charge in [0.1, 0.15) is 18.1 Å². The van der Waals surface area contributed by atoms with E-state index in [1.165, 1.54) is 6.26 Å². The number of likely N-dealkylation sites (N-methyl/N-ethyl adjacent to an activating group) is 1. The third-order valence-electron chi connectivity index (χ3n) is 4.22. The monoisotopic (exact) mass is 363 g/mol. The normalized spacial score (nSPS) is 12.8. The van der Waals surface area contributed by atoms with Gasteiger partial charge >= 0.3 is 0 Å². The number of rotatable bonds is 8. The average molecular weight is 363 g/mol. The van der Waals surface area contributed by atoms with Gasteiger partial charge in [-0.05, 0) is 55.9 Å². The van der Waals surface area contributed by atoms with Crippen molar-refractivity contribution < 1.29 is 17.9 Å². The second kappa shape index (κ2) is 8.36. The molecule has 6 heteroatoms. The average Bonchev–Trinajstić information content (AvgIpc) is 2.61. The number of nitrogens with zero attached hydrogens (tertiary/aromatic N) is 1. The highest BCUT2D eigenvalue weighted by atomic mass is 32.2. The summed E-state index contributed by atoms with van der Waals surface area (Å²) in [4.78, 5) is 2.51. The van der Waals surface area contributed by atoms with E-state index >= 15 is 0 Å². The van der Waals surface area contributed by atoms with Crippen molar-refractivity contribution in [2.45, 2.75) is 17.9 Å². The molecule has 0 aromatic heterocycles. The van der Waals surface area contributed by atoms with Crippen molar-refractivity contribution in [2.24, 2.45) is 0 Å². The van der Waals surface area contributed by atoms with Crippen molar-refractivity contribution >= 4 is 9.84 Å². The van der Waals surface area contributed by atoms with Gasteiger partial charge in [-0.15, -0.1) is 0 Å². The molecule has 0 fully saturated rings. The maximum atomic E-state index is 11.5. The van der Waals surface area contributed by atoms with Gasteiger partial charge in [0.25, 0.3) is 0 Å². The first-order valence-electron chi connectivity index (χ1n) is 8.08. The van der Waals surface area contributed by atoms with Gasteiger partial charge in [-0.3, -0.25) is 4.90 Å². The van der Waals surface area contributed by atoms with Gasteiger partial charge in [-0.1, -0.05) is 12.1 Å². The third-order valence-corrected chi connectivity index (χ3v) is 5.35. The first-order valence-corrected chi connectivity index (χ1v) is 9.97. The zero-order chi connectivity index (χ0) is 18.4. The molecule has 0 heterocycles. The highest BCUT2D eigenvalue weighted by Gasteiger charge is 2.13. The van der Waals surface area contributed by atoms with E-state index in [-0.39, 0.29) is 6.04 Å². The zero-order valence-electron chi connectivity index (χ0n) is 15.1. The molecule has 25 heavy (non-hydrogen) atoms. The summed E-state index contributed by atoms with van der Waals surface area (Å²) < 4.78 is 33.9. The van der Waals surface area contributed by atoms with Gasteiger partial charge in [-0.2, -0.15) is 0 Å². The molecule has 2 aromatic carbocycles. The number of ether oxygens (including phenoxy) is 2. The van der Waals surface area contributed by atoms with Gasteiger partial charge < -0.3 is 9.47 Å². The molecule has 0 saturated heterocycles.